The normalized spacial score (nSPS) is 20.9. The van der Waals surface area contributed by atoms with Crippen molar-refractivity contribution in [1.82, 2.24) is 5.32 Å². The fourth-order valence-corrected chi connectivity index (χ4v) is 1.35. The molecular formula is C10H19N. The van der Waals surface area contributed by atoms with Crippen LogP contribution in [0.2, 0.25) is 0 Å². The van der Waals surface area contributed by atoms with E-state index in [2.05, 4.69) is 25.7 Å². The quantitative estimate of drug-likeness (QED) is 0.612. The molecule has 1 fully saturated rings. The van der Waals surface area contributed by atoms with Crippen LogP contribution in [0, 0.1) is 0 Å². The maximum Gasteiger partial charge on any atom is 0.0166 e. The van der Waals surface area contributed by atoms with Gasteiger partial charge in [0.15, 0.2) is 0 Å². The average molecular weight is 153 g/mol. The lowest BCUT2D eigenvalue weighted by Crippen LogP contribution is -2.48. The fraction of sp³-hybridized carbons (Fsp3) is 0.800. The van der Waals surface area contributed by atoms with Gasteiger partial charge in [-0.3, -0.25) is 0 Å². The Morgan fingerprint density at radius 2 is 2.18 bits per heavy atom. The van der Waals surface area contributed by atoms with Crippen LogP contribution in [0.5, 0.6) is 0 Å². The predicted octanol–water partition coefficient (Wildman–Crippen LogP) is 2.48. The van der Waals surface area contributed by atoms with E-state index in [1.807, 2.05) is 0 Å². The Hall–Kier alpha value is -0.300. The highest BCUT2D eigenvalue weighted by Crippen LogP contribution is 2.30. The molecule has 0 spiro atoms. The molecule has 0 aromatic rings. The van der Waals surface area contributed by atoms with E-state index in [4.69, 9.17) is 0 Å². The summed E-state index contributed by atoms with van der Waals surface area (Å²) in [6, 6.07) is 0. The summed E-state index contributed by atoms with van der Waals surface area (Å²) in [5.41, 5.74) is 1.76. The number of hydrogen-bond acceptors (Lipinski definition) is 1. The SMILES string of the molecule is C=C(CC)CNC1(C)CCC1. The number of rotatable bonds is 4. The molecule has 11 heavy (non-hydrogen) atoms. The molecule has 1 nitrogen and oxygen atoms in total. The lowest BCUT2D eigenvalue weighted by Gasteiger charge is -2.39. The van der Waals surface area contributed by atoms with Crippen LogP contribution >= 0.6 is 0 Å². The predicted molar refractivity (Wildman–Crippen MR) is 49.7 cm³/mol. The molecule has 64 valence electrons. The first-order valence-electron chi connectivity index (χ1n) is 4.58. The van der Waals surface area contributed by atoms with Crippen molar-refractivity contribution in [2.45, 2.75) is 45.1 Å². The molecule has 1 saturated carbocycles. The van der Waals surface area contributed by atoms with E-state index >= 15 is 0 Å². The van der Waals surface area contributed by atoms with Crippen molar-refractivity contribution in [1.29, 1.82) is 0 Å². The molecule has 1 heteroatoms. The van der Waals surface area contributed by atoms with Crippen LogP contribution in [0.25, 0.3) is 0 Å². The third-order valence-electron chi connectivity index (χ3n) is 2.72. The minimum Gasteiger partial charge on any atom is -0.308 e. The van der Waals surface area contributed by atoms with E-state index in [1.54, 1.807) is 0 Å². The summed E-state index contributed by atoms with van der Waals surface area (Å²) in [6.45, 7) is 9.44. The molecule has 0 heterocycles. The van der Waals surface area contributed by atoms with Gasteiger partial charge in [0.1, 0.15) is 0 Å². The maximum atomic E-state index is 3.97. The topological polar surface area (TPSA) is 12.0 Å². The van der Waals surface area contributed by atoms with E-state index in [0.29, 0.717) is 5.54 Å². The summed E-state index contributed by atoms with van der Waals surface area (Å²) < 4.78 is 0. The molecule has 0 aromatic heterocycles. The van der Waals surface area contributed by atoms with Crippen molar-refractivity contribution in [2.24, 2.45) is 0 Å². The summed E-state index contributed by atoms with van der Waals surface area (Å²) in [5.74, 6) is 0. The van der Waals surface area contributed by atoms with Gasteiger partial charge < -0.3 is 5.32 Å². The van der Waals surface area contributed by atoms with Gasteiger partial charge in [-0.2, -0.15) is 0 Å². The number of nitrogens with one attached hydrogen (secondary N) is 1. The molecule has 1 N–H and O–H groups in total. The van der Waals surface area contributed by atoms with Crippen LogP contribution in [-0.2, 0) is 0 Å². The molecule has 1 aliphatic carbocycles. The van der Waals surface area contributed by atoms with Crippen LogP contribution in [0.4, 0.5) is 0 Å². The molecule has 0 radical (unpaired) electrons. The zero-order chi connectivity index (χ0) is 8.32. The summed E-state index contributed by atoms with van der Waals surface area (Å²) in [5, 5.41) is 3.55. The summed E-state index contributed by atoms with van der Waals surface area (Å²) in [6.07, 6.45) is 5.17. The van der Waals surface area contributed by atoms with Gasteiger partial charge in [-0.15, -0.1) is 0 Å². The van der Waals surface area contributed by atoms with E-state index < -0.39 is 0 Å². The van der Waals surface area contributed by atoms with Gasteiger partial charge in [0, 0.05) is 12.1 Å². The van der Waals surface area contributed by atoms with Gasteiger partial charge in [0.05, 0.1) is 0 Å². The first-order valence-corrected chi connectivity index (χ1v) is 4.58. The van der Waals surface area contributed by atoms with E-state index in [9.17, 15) is 0 Å². The second kappa shape index (κ2) is 3.40. The minimum atomic E-state index is 0.443. The first kappa shape index (κ1) is 8.79. The lowest BCUT2D eigenvalue weighted by molar-refractivity contribution is 0.215. The Morgan fingerprint density at radius 3 is 2.55 bits per heavy atom. The summed E-state index contributed by atoms with van der Waals surface area (Å²) in [4.78, 5) is 0. The van der Waals surface area contributed by atoms with Gasteiger partial charge in [-0.1, -0.05) is 19.1 Å². The Labute approximate surface area is 69.9 Å². The highest BCUT2D eigenvalue weighted by molar-refractivity contribution is 5.00. The Balaban J connectivity index is 2.16. The molecule has 0 bridgehead atoms. The van der Waals surface area contributed by atoms with Crippen LogP contribution < -0.4 is 5.32 Å². The highest BCUT2D eigenvalue weighted by atomic mass is 15.0. The fourth-order valence-electron chi connectivity index (χ4n) is 1.35. The van der Waals surface area contributed by atoms with Gasteiger partial charge >= 0.3 is 0 Å². The van der Waals surface area contributed by atoms with Gasteiger partial charge in [0.25, 0.3) is 0 Å². The highest BCUT2D eigenvalue weighted by Gasteiger charge is 2.30. The Kier molecular flexibility index (Phi) is 2.72. The second-order valence-electron chi connectivity index (χ2n) is 3.87. The molecule has 0 saturated heterocycles. The molecule has 0 atom stereocenters. The molecular weight excluding hydrogens is 134 g/mol. The van der Waals surface area contributed by atoms with Crippen molar-refractivity contribution in [3.63, 3.8) is 0 Å². The smallest absolute Gasteiger partial charge is 0.0166 e. The molecule has 1 aliphatic rings. The average Bonchev–Trinajstić information content (AvgIpc) is 1.96. The van der Waals surface area contributed by atoms with Crippen LogP contribution in [0.3, 0.4) is 0 Å². The van der Waals surface area contributed by atoms with Gasteiger partial charge in [-0.05, 0) is 32.6 Å². The molecule has 0 aromatic carbocycles. The zero-order valence-corrected chi connectivity index (χ0v) is 7.74. The van der Waals surface area contributed by atoms with Gasteiger partial charge in [0.2, 0.25) is 0 Å². The first-order chi connectivity index (χ1) is 5.16. The third-order valence-corrected chi connectivity index (χ3v) is 2.72. The van der Waals surface area contributed by atoms with E-state index in [0.717, 1.165) is 13.0 Å². The molecule has 0 aliphatic heterocycles. The maximum absolute atomic E-state index is 3.97. The lowest BCUT2D eigenvalue weighted by atomic mass is 9.78. The standard InChI is InChI=1S/C10H19N/c1-4-9(2)8-11-10(3)6-5-7-10/h11H,2,4-8H2,1,3H3. The summed E-state index contributed by atoms with van der Waals surface area (Å²) in [7, 11) is 0. The number of hydrogen-bond donors (Lipinski definition) is 1. The van der Waals surface area contributed by atoms with Crippen LogP contribution in [-0.4, -0.2) is 12.1 Å². The van der Waals surface area contributed by atoms with Crippen molar-refractivity contribution < 1.29 is 0 Å². The van der Waals surface area contributed by atoms with Gasteiger partial charge in [-0.25, -0.2) is 0 Å². The zero-order valence-electron chi connectivity index (χ0n) is 7.74. The van der Waals surface area contributed by atoms with Crippen molar-refractivity contribution in [3.8, 4) is 0 Å². The largest absolute Gasteiger partial charge is 0.308 e. The van der Waals surface area contributed by atoms with E-state index in [-0.39, 0.29) is 0 Å². The third kappa shape index (κ3) is 2.33. The van der Waals surface area contributed by atoms with Crippen molar-refractivity contribution >= 4 is 0 Å². The second-order valence-corrected chi connectivity index (χ2v) is 3.87. The van der Waals surface area contributed by atoms with Crippen molar-refractivity contribution in [2.75, 3.05) is 6.54 Å². The Bertz CT molecular complexity index is 145. The summed E-state index contributed by atoms with van der Waals surface area (Å²) >= 11 is 0. The molecule has 0 amide bonds. The van der Waals surface area contributed by atoms with Crippen LogP contribution in [0.1, 0.15) is 39.5 Å². The Morgan fingerprint density at radius 1 is 1.55 bits per heavy atom. The molecule has 0 unspecified atom stereocenters. The van der Waals surface area contributed by atoms with E-state index in [1.165, 1.54) is 24.8 Å². The van der Waals surface area contributed by atoms with Crippen molar-refractivity contribution in [3.05, 3.63) is 12.2 Å². The minimum absolute atomic E-state index is 0.443. The molecule has 1 rings (SSSR count). The monoisotopic (exact) mass is 153 g/mol. The van der Waals surface area contributed by atoms with Crippen LogP contribution in [0.15, 0.2) is 12.2 Å².